The Morgan fingerprint density at radius 1 is 1.05 bits per heavy atom. The molecule has 2 fully saturated rings. The van der Waals surface area contributed by atoms with Crippen LogP contribution in [0.25, 0.3) is 0 Å². The van der Waals surface area contributed by atoms with E-state index in [2.05, 4.69) is 0 Å². The van der Waals surface area contributed by atoms with Crippen LogP contribution in [0.3, 0.4) is 0 Å². The molecule has 1 aromatic rings. The molecule has 0 spiro atoms. The van der Waals surface area contributed by atoms with Crippen molar-refractivity contribution < 1.29 is 14.3 Å². The molecule has 0 aromatic heterocycles. The predicted octanol–water partition coefficient (Wildman–Crippen LogP) is 2.27. The second-order valence-corrected chi connectivity index (χ2v) is 6.00. The molecule has 1 aromatic carbocycles. The molecule has 0 N–H and O–H groups in total. The molecule has 22 heavy (non-hydrogen) atoms. The molecule has 2 heterocycles. The van der Waals surface area contributed by atoms with Crippen molar-refractivity contribution in [3.05, 3.63) is 35.9 Å². The van der Waals surface area contributed by atoms with E-state index in [1.54, 1.807) is 4.90 Å². The van der Waals surface area contributed by atoms with Crippen LogP contribution >= 0.6 is 0 Å². The number of hydrogen-bond acceptors (Lipinski definition) is 3. The third kappa shape index (κ3) is 3.40. The Morgan fingerprint density at radius 3 is 2.50 bits per heavy atom. The summed E-state index contributed by atoms with van der Waals surface area (Å²) < 4.78 is 5.33. The summed E-state index contributed by atoms with van der Waals surface area (Å²) in [6.07, 6.45) is 2.62. The molecule has 2 aliphatic rings. The normalized spacial score (nSPS) is 21.2. The summed E-state index contributed by atoms with van der Waals surface area (Å²) in [5.74, 6) is 0.151. The van der Waals surface area contributed by atoms with Crippen molar-refractivity contribution in [3.63, 3.8) is 0 Å². The molecule has 2 aliphatic heterocycles. The smallest absolute Gasteiger partial charge is 0.410 e. The first-order chi connectivity index (χ1) is 10.7. The van der Waals surface area contributed by atoms with Crippen LogP contribution in [0.2, 0.25) is 0 Å². The van der Waals surface area contributed by atoms with Gasteiger partial charge in [0.1, 0.15) is 6.61 Å². The zero-order chi connectivity index (χ0) is 15.4. The highest BCUT2D eigenvalue weighted by molar-refractivity contribution is 5.81. The SMILES string of the molecule is O=C(OCc1ccccc1)N1CCC(C(=O)N2CCCC2)C1. The van der Waals surface area contributed by atoms with Gasteiger partial charge in [0.2, 0.25) is 5.91 Å². The number of hydrogen-bond donors (Lipinski definition) is 0. The Morgan fingerprint density at radius 2 is 1.77 bits per heavy atom. The van der Waals surface area contributed by atoms with Crippen LogP contribution in [0, 0.1) is 5.92 Å². The Hall–Kier alpha value is -2.04. The fourth-order valence-corrected chi connectivity index (χ4v) is 3.13. The van der Waals surface area contributed by atoms with Crippen LogP contribution in [0.5, 0.6) is 0 Å². The number of carbonyl (C=O) groups is 2. The van der Waals surface area contributed by atoms with Crippen molar-refractivity contribution in [1.29, 1.82) is 0 Å². The Balaban J connectivity index is 1.47. The molecule has 5 heteroatoms. The number of ether oxygens (including phenoxy) is 1. The highest BCUT2D eigenvalue weighted by Gasteiger charge is 2.34. The highest BCUT2D eigenvalue weighted by atomic mass is 16.6. The van der Waals surface area contributed by atoms with Crippen molar-refractivity contribution >= 4 is 12.0 Å². The molecule has 0 radical (unpaired) electrons. The van der Waals surface area contributed by atoms with E-state index in [1.165, 1.54) is 0 Å². The number of rotatable bonds is 3. The van der Waals surface area contributed by atoms with Crippen LogP contribution in [0.4, 0.5) is 4.79 Å². The van der Waals surface area contributed by atoms with Crippen molar-refractivity contribution in [2.24, 2.45) is 5.92 Å². The summed E-state index contributed by atoms with van der Waals surface area (Å²) in [7, 11) is 0. The zero-order valence-corrected chi connectivity index (χ0v) is 12.7. The monoisotopic (exact) mass is 302 g/mol. The van der Waals surface area contributed by atoms with Crippen LogP contribution < -0.4 is 0 Å². The van der Waals surface area contributed by atoms with E-state index in [9.17, 15) is 9.59 Å². The average molecular weight is 302 g/mol. The minimum absolute atomic E-state index is 0.0534. The van der Waals surface area contributed by atoms with Crippen molar-refractivity contribution in [1.82, 2.24) is 9.80 Å². The highest BCUT2D eigenvalue weighted by Crippen LogP contribution is 2.22. The third-order valence-corrected chi connectivity index (χ3v) is 4.42. The maximum atomic E-state index is 12.3. The molecular weight excluding hydrogens is 280 g/mol. The van der Waals surface area contributed by atoms with Gasteiger partial charge < -0.3 is 14.5 Å². The van der Waals surface area contributed by atoms with Gasteiger partial charge in [-0.1, -0.05) is 30.3 Å². The molecule has 1 atom stereocenters. The summed E-state index contributed by atoms with van der Waals surface area (Å²) in [5.41, 5.74) is 0.972. The largest absolute Gasteiger partial charge is 0.445 e. The van der Waals surface area contributed by atoms with Gasteiger partial charge in [0.05, 0.1) is 5.92 Å². The summed E-state index contributed by atoms with van der Waals surface area (Å²) in [6, 6.07) is 9.63. The number of amides is 2. The van der Waals surface area contributed by atoms with Crippen molar-refractivity contribution in [2.75, 3.05) is 26.2 Å². The van der Waals surface area contributed by atoms with Crippen molar-refractivity contribution in [3.8, 4) is 0 Å². The second kappa shape index (κ2) is 6.81. The summed E-state index contributed by atoms with van der Waals surface area (Å²) in [5, 5.41) is 0. The van der Waals surface area contributed by atoms with Gasteiger partial charge in [0, 0.05) is 26.2 Å². The van der Waals surface area contributed by atoms with E-state index in [-0.39, 0.29) is 24.5 Å². The summed E-state index contributed by atoms with van der Waals surface area (Å²) >= 11 is 0. The maximum Gasteiger partial charge on any atom is 0.410 e. The topological polar surface area (TPSA) is 49.9 Å². The lowest BCUT2D eigenvalue weighted by atomic mass is 10.1. The van der Waals surface area contributed by atoms with Crippen LogP contribution in [-0.4, -0.2) is 48.0 Å². The summed E-state index contributed by atoms with van der Waals surface area (Å²) in [6.45, 7) is 3.11. The maximum absolute atomic E-state index is 12.3. The lowest BCUT2D eigenvalue weighted by Gasteiger charge is -2.20. The van der Waals surface area contributed by atoms with Crippen LogP contribution in [0.1, 0.15) is 24.8 Å². The fraction of sp³-hybridized carbons (Fsp3) is 0.529. The number of nitrogens with zero attached hydrogens (tertiary/aromatic N) is 2. The third-order valence-electron chi connectivity index (χ3n) is 4.42. The Bertz CT molecular complexity index is 526. The number of likely N-dealkylation sites (tertiary alicyclic amines) is 2. The van der Waals surface area contributed by atoms with Crippen molar-refractivity contribution in [2.45, 2.75) is 25.9 Å². The van der Waals surface area contributed by atoms with Gasteiger partial charge in [0.15, 0.2) is 0 Å². The van der Waals surface area contributed by atoms with E-state index < -0.39 is 0 Å². The number of carbonyl (C=O) groups excluding carboxylic acids is 2. The molecule has 2 amide bonds. The Labute approximate surface area is 130 Å². The van der Waals surface area contributed by atoms with Gasteiger partial charge in [-0.2, -0.15) is 0 Å². The first kappa shape index (κ1) is 14.9. The fourth-order valence-electron chi connectivity index (χ4n) is 3.13. The van der Waals surface area contributed by atoms with Gasteiger partial charge >= 0.3 is 6.09 Å². The molecule has 0 bridgehead atoms. The quantitative estimate of drug-likeness (QED) is 0.860. The Kier molecular flexibility index (Phi) is 4.61. The lowest BCUT2D eigenvalue weighted by molar-refractivity contribution is -0.133. The second-order valence-electron chi connectivity index (χ2n) is 6.00. The summed E-state index contributed by atoms with van der Waals surface area (Å²) in [4.78, 5) is 28.0. The van der Waals surface area contributed by atoms with Gasteiger partial charge in [-0.15, -0.1) is 0 Å². The zero-order valence-electron chi connectivity index (χ0n) is 12.7. The standard InChI is InChI=1S/C17H22N2O3/c20-16(18-9-4-5-10-18)15-8-11-19(12-15)17(21)22-13-14-6-2-1-3-7-14/h1-3,6-7,15H,4-5,8-13H2. The van der Waals surface area contributed by atoms with E-state index in [0.717, 1.165) is 37.9 Å². The van der Waals surface area contributed by atoms with Gasteiger partial charge in [-0.3, -0.25) is 4.79 Å². The van der Waals surface area contributed by atoms with Gasteiger partial charge in [-0.05, 0) is 24.8 Å². The molecule has 0 saturated carbocycles. The van der Waals surface area contributed by atoms with E-state index in [4.69, 9.17) is 4.74 Å². The molecule has 5 nitrogen and oxygen atoms in total. The van der Waals surface area contributed by atoms with Crippen LogP contribution in [0.15, 0.2) is 30.3 Å². The molecular formula is C17H22N2O3. The first-order valence-corrected chi connectivity index (χ1v) is 7.98. The predicted molar refractivity (Wildman–Crippen MR) is 82.1 cm³/mol. The molecule has 0 aliphatic carbocycles. The average Bonchev–Trinajstić information content (AvgIpc) is 3.24. The van der Waals surface area contributed by atoms with Gasteiger partial charge in [0.25, 0.3) is 0 Å². The van der Waals surface area contributed by atoms with Crippen LogP contribution in [-0.2, 0) is 16.1 Å². The van der Waals surface area contributed by atoms with E-state index in [1.807, 2.05) is 35.2 Å². The number of benzene rings is 1. The van der Waals surface area contributed by atoms with E-state index >= 15 is 0 Å². The molecule has 118 valence electrons. The lowest BCUT2D eigenvalue weighted by Crippen LogP contribution is -2.36. The molecule has 1 unspecified atom stereocenters. The van der Waals surface area contributed by atoms with Gasteiger partial charge in [-0.25, -0.2) is 4.79 Å². The first-order valence-electron chi connectivity index (χ1n) is 7.98. The molecule has 3 rings (SSSR count). The molecule has 2 saturated heterocycles. The minimum atomic E-state index is -0.319. The minimum Gasteiger partial charge on any atom is -0.445 e. The van der Waals surface area contributed by atoms with E-state index in [0.29, 0.717) is 13.1 Å².